The Morgan fingerprint density at radius 1 is 1.16 bits per heavy atom. The highest BCUT2D eigenvalue weighted by Gasteiger charge is 2.14. The molecule has 1 aromatic carbocycles. The standard InChI is InChI=1S/C15H19N3S/c1-12(15(19)11-16)13-3-5-14(6-4-13)18-9-7-17(2)8-10-18/h3-6,19H,7-10H2,1-2H3/b15-12+. The van der Waals surface area contributed by atoms with E-state index in [0.717, 1.165) is 37.3 Å². The van der Waals surface area contributed by atoms with Crippen LogP contribution in [-0.2, 0) is 0 Å². The minimum Gasteiger partial charge on any atom is -0.369 e. The summed E-state index contributed by atoms with van der Waals surface area (Å²) in [7, 11) is 2.16. The third kappa shape index (κ3) is 3.31. The number of hydrogen-bond acceptors (Lipinski definition) is 4. The Labute approximate surface area is 120 Å². The average molecular weight is 273 g/mol. The van der Waals surface area contributed by atoms with Crippen molar-refractivity contribution in [2.45, 2.75) is 6.92 Å². The van der Waals surface area contributed by atoms with E-state index < -0.39 is 0 Å². The Balaban J connectivity index is 2.13. The van der Waals surface area contributed by atoms with Gasteiger partial charge in [0.15, 0.2) is 0 Å². The van der Waals surface area contributed by atoms with E-state index in [9.17, 15) is 0 Å². The van der Waals surface area contributed by atoms with Crippen molar-refractivity contribution < 1.29 is 0 Å². The molecule has 0 saturated carbocycles. The molecule has 1 heterocycles. The van der Waals surface area contributed by atoms with Crippen LogP contribution in [0, 0.1) is 11.3 Å². The van der Waals surface area contributed by atoms with E-state index in [-0.39, 0.29) is 0 Å². The van der Waals surface area contributed by atoms with Gasteiger partial charge in [-0.05, 0) is 37.2 Å². The third-order valence-corrected chi connectivity index (χ3v) is 4.07. The number of nitriles is 1. The molecule has 2 rings (SSSR count). The highest BCUT2D eigenvalue weighted by atomic mass is 32.1. The molecule has 100 valence electrons. The molecule has 0 aromatic heterocycles. The monoisotopic (exact) mass is 273 g/mol. The zero-order valence-electron chi connectivity index (χ0n) is 11.4. The van der Waals surface area contributed by atoms with Crippen molar-refractivity contribution in [3.63, 3.8) is 0 Å². The summed E-state index contributed by atoms with van der Waals surface area (Å²) in [6, 6.07) is 10.5. The van der Waals surface area contributed by atoms with Crippen LogP contribution >= 0.6 is 12.6 Å². The summed E-state index contributed by atoms with van der Waals surface area (Å²) in [4.78, 5) is 5.22. The first-order chi connectivity index (χ1) is 9.11. The van der Waals surface area contributed by atoms with E-state index in [2.05, 4.69) is 59.8 Å². The Morgan fingerprint density at radius 2 is 1.74 bits per heavy atom. The van der Waals surface area contributed by atoms with Crippen LogP contribution in [0.1, 0.15) is 12.5 Å². The van der Waals surface area contributed by atoms with Gasteiger partial charge in [0.25, 0.3) is 0 Å². The summed E-state index contributed by atoms with van der Waals surface area (Å²) in [5.41, 5.74) is 3.24. The van der Waals surface area contributed by atoms with Crippen molar-refractivity contribution in [3.05, 3.63) is 34.7 Å². The van der Waals surface area contributed by atoms with Crippen molar-refractivity contribution in [1.29, 1.82) is 5.26 Å². The first kappa shape index (κ1) is 14.0. The molecule has 0 radical (unpaired) electrons. The van der Waals surface area contributed by atoms with Crippen molar-refractivity contribution in [1.82, 2.24) is 4.90 Å². The second-order valence-electron chi connectivity index (χ2n) is 4.92. The van der Waals surface area contributed by atoms with Crippen LogP contribution in [0.5, 0.6) is 0 Å². The van der Waals surface area contributed by atoms with Crippen LogP contribution in [-0.4, -0.2) is 38.1 Å². The van der Waals surface area contributed by atoms with E-state index in [1.807, 2.05) is 6.92 Å². The van der Waals surface area contributed by atoms with E-state index in [1.54, 1.807) is 0 Å². The molecule has 1 fully saturated rings. The average Bonchev–Trinajstić information content (AvgIpc) is 2.46. The lowest BCUT2D eigenvalue weighted by atomic mass is 10.1. The van der Waals surface area contributed by atoms with Gasteiger partial charge < -0.3 is 9.80 Å². The summed E-state index contributed by atoms with van der Waals surface area (Å²) in [5.74, 6) is 0. The molecule has 0 bridgehead atoms. The number of allylic oxidation sites excluding steroid dienone is 2. The van der Waals surface area contributed by atoms with Crippen LogP contribution in [0.3, 0.4) is 0 Å². The van der Waals surface area contributed by atoms with Gasteiger partial charge in [-0.15, -0.1) is 12.6 Å². The Bertz CT molecular complexity index is 505. The SMILES string of the molecule is C/C(=C(\S)C#N)c1ccc(N2CCN(C)CC2)cc1. The molecule has 0 aliphatic carbocycles. The highest BCUT2D eigenvalue weighted by Crippen LogP contribution is 2.23. The fourth-order valence-electron chi connectivity index (χ4n) is 2.21. The fourth-order valence-corrected chi connectivity index (χ4v) is 2.34. The maximum atomic E-state index is 8.85. The molecule has 1 aromatic rings. The summed E-state index contributed by atoms with van der Waals surface area (Å²) in [5, 5.41) is 8.85. The largest absolute Gasteiger partial charge is 0.369 e. The normalized spacial score (nSPS) is 17.9. The van der Waals surface area contributed by atoms with Gasteiger partial charge in [-0.25, -0.2) is 0 Å². The van der Waals surface area contributed by atoms with Crippen LogP contribution < -0.4 is 4.90 Å². The van der Waals surface area contributed by atoms with Gasteiger partial charge in [-0.2, -0.15) is 5.26 Å². The fraction of sp³-hybridized carbons (Fsp3) is 0.400. The molecule has 3 nitrogen and oxygen atoms in total. The number of piperazine rings is 1. The smallest absolute Gasteiger partial charge is 0.106 e. The summed E-state index contributed by atoms with van der Waals surface area (Å²) >= 11 is 4.18. The van der Waals surface area contributed by atoms with E-state index in [4.69, 9.17) is 5.26 Å². The number of likely N-dealkylation sites (N-methyl/N-ethyl adjacent to an activating group) is 1. The lowest BCUT2D eigenvalue weighted by Gasteiger charge is -2.34. The quantitative estimate of drug-likeness (QED) is 0.663. The first-order valence-electron chi connectivity index (χ1n) is 6.45. The number of rotatable bonds is 2. The van der Waals surface area contributed by atoms with Gasteiger partial charge in [-0.3, -0.25) is 0 Å². The molecule has 0 amide bonds. The summed E-state index contributed by atoms with van der Waals surface area (Å²) < 4.78 is 0. The molecule has 0 N–H and O–H groups in total. The molecule has 1 aliphatic heterocycles. The maximum Gasteiger partial charge on any atom is 0.106 e. The van der Waals surface area contributed by atoms with Crippen molar-refractivity contribution in [2.24, 2.45) is 0 Å². The van der Waals surface area contributed by atoms with Gasteiger partial charge in [0, 0.05) is 31.9 Å². The molecule has 4 heteroatoms. The second kappa shape index (κ2) is 6.14. The number of nitrogens with zero attached hydrogens (tertiary/aromatic N) is 3. The topological polar surface area (TPSA) is 30.3 Å². The molecule has 19 heavy (non-hydrogen) atoms. The van der Waals surface area contributed by atoms with Crippen molar-refractivity contribution in [3.8, 4) is 6.07 Å². The van der Waals surface area contributed by atoms with Gasteiger partial charge in [-0.1, -0.05) is 12.1 Å². The molecule has 0 spiro atoms. The summed E-state index contributed by atoms with van der Waals surface area (Å²) in [6.07, 6.45) is 0. The number of hydrogen-bond donors (Lipinski definition) is 1. The zero-order chi connectivity index (χ0) is 13.8. The lowest BCUT2D eigenvalue weighted by molar-refractivity contribution is 0.313. The molecule has 1 aliphatic rings. The van der Waals surface area contributed by atoms with Crippen LogP contribution in [0.15, 0.2) is 29.2 Å². The van der Waals surface area contributed by atoms with E-state index >= 15 is 0 Å². The maximum absolute atomic E-state index is 8.85. The predicted molar refractivity (Wildman–Crippen MR) is 83.3 cm³/mol. The third-order valence-electron chi connectivity index (χ3n) is 3.63. The molecular formula is C15H19N3S. The second-order valence-corrected chi connectivity index (χ2v) is 5.37. The van der Waals surface area contributed by atoms with Crippen LogP contribution in [0.2, 0.25) is 0 Å². The molecular weight excluding hydrogens is 254 g/mol. The molecule has 0 unspecified atom stereocenters. The van der Waals surface area contributed by atoms with E-state index in [1.165, 1.54) is 5.69 Å². The number of benzene rings is 1. The van der Waals surface area contributed by atoms with Gasteiger partial charge in [0.05, 0.1) is 4.91 Å². The highest BCUT2D eigenvalue weighted by molar-refractivity contribution is 7.85. The van der Waals surface area contributed by atoms with Gasteiger partial charge in [0.1, 0.15) is 6.07 Å². The summed E-state index contributed by atoms with van der Waals surface area (Å²) in [6.45, 7) is 6.28. The van der Waals surface area contributed by atoms with Crippen LogP contribution in [0.25, 0.3) is 5.57 Å². The number of anilines is 1. The van der Waals surface area contributed by atoms with E-state index in [0.29, 0.717) is 4.91 Å². The number of thiol groups is 1. The van der Waals surface area contributed by atoms with Crippen molar-refractivity contribution >= 4 is 23.9 Å². The Morgan fingerprint density at radius 3 is 2.26 bits per heavy atom. The molecule has 0 atom stereocenters. The van der Waals surface area contributed by atoms with Crippen LogP contribution in [0.4, 0.5) is 5.69 Å². The lowest BCUT2D eigenvalue weighted by Crippen LogP contribution is -2.44. The first-order valence-corrected chi connectivity index (χ1v) is 6.90. The molecule has 1 saturated heterocycles. The predicted octanol–water partition coefficient (Wildman–Crippen LogP) is 2.62. The minimum atomic E-state index is 0.479. The Hall–Kier alpha value is -1.44. The Kier molecular flexibility index (Phi) is 4.52. The van der Waals surface area contributed by atoms with Gasteiger partial charge in [0.2, 0.25) is 0 Å². The van der Waals surface area contributed by atoms with Crippen molar-refractivity contribution in [2.75, 3.05) is 38.1 Å². The minimum absolute atomic E-state index is 0.479. The zero-order valence-corrected chi connectivity index (χ0v) is 12.3. The van der Waals surface area contributed by atoms with Gasteiger partial charge >= 0.3 is 0 Å².